The van der Waals surface area contributed by atoms with Crippen LogP contribution in [0, 0.1) is 6.92 Å². The minimum Gasteiger partial charge on any atom is -0.370 e. The summed E-state index contributed by atoms with van der Waals surface area (Å²) in [7, 11) is 0. The number of aryl methyl sites for hydroxylation is 1. The van der Waals surface area contributed by atoms with Gasteiger partial charge in [0.1, 0.15) is 5.54 Å². The van der Waals surface area contributed by atoms with Crippen LogP contribution in [-0.2, 0) is 4.79 Å². The maximum absolute atomic E-state index is 12.1. The highest BCUT2D eigenvalue weighted by molar-refractivity contribution is 6.06. The lowest BCUT2D eigenvalue weighted by atomic mass is 9.93. The van der Waals surface area contributed by atoms with Gasteiger partial charge in [-0.3, -0.25) is 4.79 Å². The molecule has 2 N–H and O–H groups in total. The van der Waals surface area contributed by atoms with Crippen LogP contribution in [0.15, 0.2) is 18.2 Å². The fourth-order valence-electron chi connectivity index (χ4n) is 2.76. The number of carbonyl (C=O) groups excluding carboxylic acids is 1. The van der Waals surface area contributed by atoms with Crippen molar-refractivity contribution in [1.82, 2.24) is 0 Å². The third-order valence-corrected chi connectivity index (χ3v) is 3.69. The van der Waals surface area contributed by atoms with Gasteiger partial charge in [0.2, 0.25) is 5.91 Å². The van der Waals surface area contributed by atoms with Gasteiger partial charge in [-0.25, -0.2) is 0 Å². The topological polar surface area (TPSA) is 41.1 Å². The Balaban J connectivity index is 2.01. The quantitative estimate of drug-likeness (QED) is 0.700. The van der Waals surface area contributed by atoms with Crippen molar-refractivity contribution >= 4 is 17.3 Å². The van der Waals surface area contributed by atoms with Crippen molar-refractivity contribution in [3.8, 4) is 0 Å². The number of amides is 1. The van der Waals surface area contributed by atoms with Crippen LogP contribution in [0.5, 0.6) is 0 Å². The van der Waals surface area contributed by atoms with Gasteiger partial charge in [-0.2, -0.15) is 0 Å². The van der Waals surface area contributed by atoms with Crippen molar-refractivity contribution in [2.24, 2.45) is 0 Å². The number of hydrogen-bond donors (Lipinski definition) is 2. The van der Waals surface area contributed by atoms with Crippen molar-refractivity contribution in [3.05, 3.63) is 23.8 Å². The van der Waals surface area contributed by atoms with Crippen LogP contribution < -0.4 is 10.6 Å². The zero-order valence-electron chi connectivity index (χ0n) is 9.47. The summed E-state index contributed by atoms with van der Waals surface area (Å²) in [6.07, 6.45) is 4.18. The predicted molar refractivity (Wildman–Crippen MR) is 64.6 cm³/mol. The number of fused-ring (bicyclic) bond motifs is 1. The highest BCUT2D eigenvalue weighted by Gasteiger charge is 2.43. The Labute approximate surface area is 95.2 Å². The van der Waals surface area contributed by atoms with E-state index in [1.165, 1.54) is 5.56 Å². The molecule has 0 bridgehead atoms. The van der Waals surface area contributed by atoms with Crippen LogP contribution in [0.2, 0.25) is 0 Å². The second-order valence-corrected chi connectivity index (χ2v) is 4.92. The van der Waals surface area contributed by atoms with E-state index in [-0.39, 0.29) is 11.4 Å². The fourth-order valence-corrected chi connectivity index (χ4v) is 2.76. The van der Waals surface area contributed by atoms with Crippen molar-refractivity contribution in [3.63, 3.8) is 0 Å². The Morgan fingerprint density at radius 1 is 1.19 bits per heavy atom. The van der Waals surface area contributed by atoms with Gasteiger partial charge >= 0.3 is 0 Å². The van der Waals surface area contributed by atoms with Gasteiger partial charge in [0.15, 0.2) is 0 Å². The summed E-state index contributed by atoms with van der Waals surface area (Å²) in [6, 6.07) is 6.15. The molecule has 1 spiro atoms. The molecule has 1 aliphatic carbocycles. The van der Waals surface area contributed by atoms with E-state index in [2.05, 4.69) is 22.8 Å². The summed E-state index contributed by atoms with van der Waals surface area (Å²) in [5.74, 6) is 0.142. The van der Waals surface area contributed by atoms with Crippen molar-refractivity contribution in [2.75, 3.05) is 10.6 Å². The SMILES string of the molecule is Cc1ccc2c(c1)NC(=O)C1(CCCC1)N2. The first-order valence-corrected chi connectivity index (χ1v) is 5.90. The maximum atomic E-state index is 12.1. The molecule has 0 aromatic heterocycles. The Bertz CT molecular complexity index is 447. The predicted octanol–water partition coefficient (Wildman–Crippen LogP) is 2.67. The van der Waals surface area contributed by atoms with Crippen LogP contribution in [0.4, 0.5) is 11.4 Å². The molecule has 1 aromatic rings. The molecule has 1 heterocycles. The first-order chi connectivity index (χ1) is 7.70. The molecule has 3 rings (SSSR count). The Hall–Kier alpha value is -1.51. The molecule has 1 aromatic carbocycles. The second-order valence-electron chi connectivity index (χ2n) is 4.92. The summed E-state index contributed by atoms with van der Waals surface area (Å²) in [5, 5.41) is 6.47. The normalized spacial score (nSPS) is 21.4. The van der Waals surface area contributed by atoms with Gasteiger partial charge in [-0.05, 0) is 37.5 Å². The molecule has 3 heteroatoms. The molecule has 16 heavy (non-hydrogen) atoms. The minimum atomic E-state index is -0.331. The van der Waals surface area contributed by atoms with Gasteiger partial charge in [0.05, 0.1) is 11.4 Å². The third-order valence-electron chi connectivity index (χ3n) is 3.69. The monoisotopic (exact) mass is 216 g/mol. The van der Waals surface area contributed by atoms with Gasteiger partial charge < -0.3 is 10.6 Å². The Morgan fingerprint density at radius 2 is 1.94 bits per heavy atom. The number of carbonyl (C=O) groups is 1. The van der Waals surface area contributed by atoms with Gasteiger partial charge in [-0.15, -0.1) is 0 Å². The summed E-state index contributed by atoms with van der Waals surface area (Å²) in [5.41, 5.74) is 2.82. The van der Waals surface area contributed by atoms with E-state index in [0.29, 0.717) is 0 Å². The molecule has 3 nitrogen and oxygen atoms in total. The second kappa shape index (κ2) is 3.24. The molecular formula is C13H16N2O. The van der Waals surface area contributed by atoms with Crippen molar-refractivity contribution < 1.29 is 4.79 Å². The molecule has 2 aliphatic rings. The summed E-state index contributed by atoms with van der Waals surface area (Å²) >= 11 is 0. The molecule has 1 amide bonds. The first kappa shape index (κ1) is 9.70. The van der Waals surface area contributed by atoms with E-state index in [9.17, 15) is 4.79 Å². The third kappa shape index (κ3) is 1.31. The van der Waals surface area contributed by atoms with Crippen LogP contribution >= 0.6 is 0 Å². The van der Waals surface area contributed by atoms with E-state index in [1.807, 2.05) is 13.0 Å². The van der Waals surface area contributed by atoms with Gasteiger partial charge in [-0.1, -0.05) is 18.9 Å². The summed E-state index contributed by atoms with van der Waals surface area (Å²) in [6.45, 7) is 2.03. The lowest BCUT2D eigenvalue weighted by Gasteiger charge is -2.35. The van der Waals surface area contributed by atoms with Gasteiger partial charge in [0.25, 0.3) is 0 Å². The molecule has 84 valence electrons. The van der Waals surface area contributed by atoms with Crippen LogP contribution in [0.1, 0.15) is 31.2 Å². The number of anilines is 2. The van der Waals surface area contributed by atoms with Crippen LogP contribution in [0.3, 0.4) is 0 Å². The highest BCUT2D eigenvalue weighted by Crippen LogP contribution is 2.40. The molecule has 0 saturated heterocycles. The minimum absolute atomic E-state index is 0.142. The first-order valence-electron chi connectivity index (χ1n) is 5.90. The zero-order chi connectivity index (χ0) is 11.2. The molecular weight excluding hydrogens is 200 g/mol. The summed E-state index contributed by atoms with van der Waals surface area (Å²) in [4.78, 5) is 12.1. The standard InChI is InChI=1S/C13H16N2O/c1-9-4-5-10-11(8-9)14-12(16)13(15-10)6-2-3-7-13/h4-5,8,15H,2-3,6-7H2,1H3,(H,14,16). The van der Waals surface area contributed by atoms with E-state index in [0.717, 1.165) is 37.1 Å². The number of benzene rings is 1. The van der Waals surface area contributed by atoms with Crippen molar-refractivity contribution in [1.29, 1.82) is 0 Å². The molecule has 0 radical (unpaired) electrons. The fraction of sp³-hybridized carbons (Fsp3) is 0.462. The van der Waals surface area contributed by atoms with Crippen LogP contribution in [0.25, 0.3) is 0 Å². The van der Waals surface area contributed by atoms with E-state index >= 15 is 0 Å². The van der Waals surface area contributed by atoms with Crippen molar-refractivity contribution in [2.45, 2.75) is 38.1 Å². The zero-order valence-corrected chi connectivity index (χ0v) is 9.47. The van der Waals surface area contributed by atoms with E-state index in [4.69, 9.17) is 0 Å². The highest BCUT2D eigenvalue weighted by atomic mass is 16.2. The van der Waals surface area contributed by atoms with E-state index < -0.39 is 0 Å². The number of nitrogens with one attached hydrogen (secondary N) is 2. The maximum Gasteiger partial charge on any atom is 0.250 e. The largest absolute Gasteiger partial charge is 0.370 e. The molecule has 0 atom stereocenters. The average molecular weight is 216 g/mol. The smallest absolute Gasteiger partial charge is 0.250 e. The lowest BCUT2D eigenvalue weighted by molar-refractivity contribution is -0.120. The Morgan fingerprint density at radius 3 is 2.69 bits per heavy atom. The Kier molecular flexibility index (Phi) is 1.96. The summed E-state index contributed by atoms with van der Waals surface area (Å²) < 4.78 is 0. The molecule has 1 aliphatic heterocycles. The van der Waals surface area contributed by atoms with E-state index in [1.54, 1.807) is 0 Å². The average Bonchev–Trinajstić information content (AvgIpc) is 2.70. The lowest BCUT2D eigenvalue weighted by Crippen LogP contribution is -2.50. The van der Waals surface area contributed by atoms with Crippen LogP contribution in [-0.4, -0.2) is 11.4 Å². The molecule has 1 fully saturated rings. The number of hydrogen-bond acceptors (Lipinski definition) is 2. The van der Waals surface area contributed by atoms with Gasteiger partial charge in [0, 0.05) is 0 Å². The molecule has 0 unspecified atom stereocenters. The molecule has 1 saturated carbocycles. The number of rotatable bonds is 0.